The number of para-hydroxylation sites is 2. The molecule has 0 aliphatic carbocycles. The van der Waals surface area contributed by atoms with Crippen molar-refractivity contribution < 1.29 is 22.7 Å². The van der Waals surface area contributed by atoms with Crippen LogP contribution in [0, 0.1) is 5.92 Å². The monoisotopic (exact) mass is 626 g/mol. The van der Waals surface area contributed by atoms with E-state index in [1.165, 1.54) is 30.3 Å². The van der Waals surface area contributed by atoms with Crippen LogP contribution in [0.3, 0.4) is 0 Å². The minimum atomic E-state index is -4.15. The molecule has 3 aromatic rings. The van der Waals surface area contributed by atoms with E-state index >= 15 is 0 Å². The Morgan fingerprint density at radius 3 is 2.42 bits per heavy atom. The van der Waals surface area contributed by atoms with E-state index in [-0.39, 0.29) is 63.0 Å². The molecule has 1 aliphatic heterocycles. The van der Waals surface area contributed by atoms with E-state index < -0.39 is 15.9 Å². The minimum Gasteiger partial charge on any atom is -0.454 e. The summed E-state index contributed by atoms with van der Waals surface area (Å²) in [6.45, 7) is 2.32. The molecule has 40 heavy (non-hydrogen) atoms. The number of benzene rings is 3. The summed E-state index contributed by atoms with van der Waals surface area (Å²) in [7, 11) is -4.15. The Kier molecular flexibility index (Phi) is 11.1. The van der Waals surface area contributed by atoms with Gasteiger partial charge in [-0.2, -0.15) is 0 Å². The van der Waals surface area contributed by atoms with Crippen LogP contribution >= 0.6 is 35.6 Å². The van der Waals surface area contributed by atoms with Crippen LogP contribution in [-0.4, -0.2) is 39.9 Å². The Bertz CT molecular complexity index is 1480. The third-order valence-electron chi connectivity index (χ3n) is 6.30. The Labute approximate surface area is 249 Å². The second-order valence-corrected chi connectivity index (χ2v) is 11.7. The number of carbonyl (C=O) groups excluding carboxylic acids is 2. The molecule has 5 N–H and O–H groups in total. The first-order valence-electron chi connectivity index (χ1n) is 12.3. The summed E-state index contributed by atoms with van der Waals surface area (Å²) in [5.41, 5.74) is 5.95. The largest absolute Gasteiger partial charge is 0.454 e. The number of primary amides is 1. The number of piperidine rings is 1. The van der Waals surface area contributed by atoms with E-state index in [0.29, 0.717) is 17.5 Å². The molecule has 0 atom stereocenters. The van der Waals surface area contributed by atoms with Crippen molar-refractivity contribution in [2.24, 2.45) is 11.7 Å². The summed E-state index contributed by atoms with van der Waals surface area (Å²) >= 11 is 12.2. The summed E-state index contributed by atoms with van der Waals surface area (Å²) in [5.74, 6) is -0.219. The third kappa shape index (κ3) is 8.25. The van der Waals surface area contributed by atoms with Gasteiger partial charge in [0.25, 0.3) is 10.0 Å². The normalized spacial score (nSPS) is 13.7. The molecule has 1 fully saturated rings. The van der Waals surface area contributed by atoms with Crippen LogP contribution in [0.15, 0.2) is 65.6 Å². The number of nitrogens with two attached hydrogens (primary N) is 1. The van der Waals surface area contributed by atoms with E-state index in [2.05, 4.69) is 15.4 Å². The summed E-state index contributed by atoms with van der Waals surface area (Å²) in [4.78, 5) is 24.5. The van der Waals surface area contributed by atoms with Gasteiger partial charge < -0.3 is 21.1 Å². The van der Waals surface area contributed by atoms with Crippen molar-refractivity contribution in [1.29, 1.82) is 0 Å². The minimum absolute atomic E-state index is 0. The standard InChI is InChI=1S/C27H28Cl2N4O5S.ClH/c28-19-5-8-24(22(29)15-19)38-25-4-2-1-3-23(25)33-39(36,37)20-6-7-21(27(30)35)18(13-20)14-26(34)32-16-17-9-11-31-12-10-17;/h1-8,13,15,17,31,33H,9-12,14,16H2,(H2,30,35)(H,32,34);1H. The number of nitrogens with one attached hydrogen (secondary N) is 3. The maximum atomic E-state index is 13.3. The fourth-order valence-corrected chi connectivity index (χ4v) is 5.79. The van der Waals surface area contributed by atoms with Crippen LogP contribution in [0.4, 0.5) is 5.69 Å². The SMILES string of the molecule is Cl.NC(=O)c1ccc(S(=O)(=O)Nc2ccccc2Oc2ccc(Cl)cc2Cl)cc1CC(=O)NCC1CCNCC1. The molecule has 2 amide bonds. The molecule has 0 bridgehead atoms. The summed E-state index contributed by atoms with van der Waals surface area (Å²) in [5, 5.41) is 6.84. The van der Waals surface area contributed by atoms with Crippen LogP contribution < -0.4 is 25.8 Å². The first-order chi connectivity index (χ1) is 18.6. The van der Waals surface area contributed by atoms with Gasteiger partial charge in [0, 0.05) is 17.1 Å². The van der Waals surface area contributed by atoms with E-state index in [1.807, 2.05) is 0 Å². The van der Waals surface area contributed by atoms with Gasteiger partial charge in [0.05, 0.1) is 22.0 Å². The maximum absolute atomic E-state index is 13.3. The summed E-state index contributed by atoms with van der Waals surface area (Å²) < 4.78 is 35.0. The van der Waals surface area contributed by atoms with Crippen LogP contribution in [0.2, 0.25) is 10.0 Å². The fourth-order valence-electron chi connectivity index (χ4n) is 4.22. The molecule has 0 unspecified atom stereocenters. The molecular formula is C27H29Cl3N4O5S. The molecule has 1 aliphatic rings. The average Bonchev–Trinajstić information content (AvgIpc) is 2.90. The Balaban J connectivity index is 0.00000441. The number of amides is 2. The van der Waals surface area contributed by atoms with Crippen LogP contribution in [0.1, 0.15) is 28.8 Å². The molecule has 13 heteroatoms. The maximum Gasteiger partial charge on any atom is 0.262 e. The Morgan fingerprint density at radius 2 is 1.73 bits per heavy atom. The molecule has 0 radical (unpaired) electrons. The lowest BCUT2D eigenvalue weighted by molar-refractivity contribution is -0.120. The number of hydrogen-bond acceptors (Lipinski definition) is 6. The van der Waals surface area contributed by atoms with Gasteiger partial charge in [-0.1, -0.05) is 35.3 Å². The lowest BCUT2D eigenvalue weighted by Gasteiger charge is -2.22. The number of hydrogen-bond donors (Lipinski definition) is 4. The molecule has 3 aromatic carbocycles. The lowest BCUT2D eigenvalue weighted by atomic mass is 9.98. The first kappa shape index (κ1) is 31.5. The Morgan fingerprint density at radius 1 is 1.00 bits per heavy atom. The summed E-state index contributed by atoms with van der Waals surface area (Å²) in [6, 6.07) is 15.0. The Hall–Kier alpha value is -3.02. The zero-order valence-corrected chi connectivity index (χ0v) is 24.4. The van der Waals surface area contributed by atoms with Crippen LogP contribution in [0.25, 0.3) is 0 Å². The highest BCUT2D eigenvalue weighted by Gasteiger charge is 2.22. The van der Waals surface area contributed by atoms with Gasteiger partial charge >= 0.3 is 0 Å². The molecule has 0 aromatic heterocycles. The molecule has 1 heterocycles. The van der Waals surface area contributed by atoms with Crippen molar-refractivity contribution in [1.82, 2.24) is 10.6 Å². The highest BCUT2D eigenvalue weighted by atomic mass is 35.5. The number of sulfonamides is 1. The van der Waals surface area contributed by atoms with Crippen LogP contribution in [0.5, 0.6) is 11.5 Å². The first-order valence-corrected chi connectivity index (χ1v) is 14.5. The van der Waals surface area contributed by atoms with Gasteiger partial charge in [-0.05, 0) is 85.9 Å². The van der Waals surface area contributed by atoms with E-state index in [1.54, 1.807) is 30.3 Å². The third-order valence-corrected chi connectivity index (χ3v) is 8.19. The predicted octanol–water partition coefficient (Wildman–Crippen LogP) is 4.77. The van der Waals surface area contributed by atoms with Gasteiger partial charge in [-0.15, -0.1) is 12.4 Å². The molecular weight excluding hydrogens is 599 g/mol. The van der Waals surface area contributed by atoms with Crippen LogP contribution in [-0.2, 0) is 21.2 Å². The number of anilines is 1. The van der Waals surface area contributed by atoms with Gasteiger partial charge in [0.15, 0.2) is 5.75 Å². The molecule has 0 saturated carbocycles. The second-order valence-electron chi connectivity index (χ2n) is 9.14. The number of ether oxygens (including phenoxy) is 1. The van der Waals surface area contributed by atoms with Gasteiger partial charge in [0.2, 0.25) is 11.8 Å². The summed E-state index contributed by atoms with van der Waals surface area (Å²) in [6.07, 6.45) is 1.73. The van der Waals surface area contributed by atoms with Gasteiger partial charge in [-0.3, -0.25) is 14.3 Å². The lowest BCUT2D eigenvalue weighted by Crippen LogP contribution is -2.36. The second kappa shape index (κ2) is 14.0. The van der Waals surface area contributed by atoms with Crippen molar-refractivity contribution in [2.75, 3.05) is 24.4 Å². The molecule has 9 nitrogen and oxygen atoms in total. The van der Waals surface area contributed by atoms with Crippen molar-refractivity contribution in [2.45, 2.75) is 24.2 Å². The quantitative estimate of drug-likeness (QED) is 0.256. The van der Waals surface area contributed by atoms with Crippen molar-refractivity contribution >= 4 is 63.1 Å². The van der Waals surface area contributed by atoms with Crippen molar-refractivity contribution in [3.8, 4) is 11.5 Å². The zero-order chi connectivity index (χ0) is 28.0. The van der Waals surface area contributed by atoms with Gasteiger partial charge in [-0.25, -0.2) is 8.42 Å². The average molecular weight is 628 g/mol. The zero-order valence-electron chi connectivity index (χ0n) is 21.3. The van der Waals surface area contributed by atoms with E-state index in [9.17, 15) is 18.0 Å². The number of halogens is 3. The van der Waals surface area contributed by atoms with E-state index in [4.69, 9.17) is 33.7 Å². The fraction of sp³-hybridized carbons (Fsp3) is 0.259. The smallest absolute Gasteiger partial charge is 0.262 e. The van der Waals surface area contributed by atoms with Gasteiger partial charge in [0.1, 0.15) is 5.75 Å². The van der Waals surface area contributed by atoms with E-state index in [0.717, 1.165) is 25.9 Å². The van der Waals surface area contributed by atoms with Crippen molar-refractivity contribution in [3.05, 3.63) is 81.8 Å². The number of rotatable bonds is 10. The predicted molar refractivity (Wildman–Crippen MR) is 158 cm³/mol. The number of carbonyl (C=O) groups is 2. The molecule has 0 spiro atoms. The van der Waals surface area contributed by atoms with Crippen molar-refractivity contribution in [3.63, 3.8) is 0 Å². The molecule has 1 saturated heterocycles. The highest BCUT2D eigenvalue weighted by Crippen LogP contribution is 2.36. The molecule has 214 valence electrons. The topological polar surface area (TPSA) is 140 Å². The highest BCUT2D eigenvalue weighted by molar-refractivity contribution is 7.92. The molecule has 4 rings (SSSR count).